The normalized spacial score (nSPS) is 11.0. The molecule has 10 heteroatoms. The Morgan fingerprint density at radius 3 is 2.32 bits per heavy atom. The fourth-order valence-electron chi connectivity index (χ4n) is 2.70. The Labute approximate surface area is 183 Å². The summed E-state index contributed by atoms with van der Waals surface area (Å²) >= 11 is 6.12. The third-order valence-corrected chi connectivity index (χ3v) is 6.71. The van der Waals surface area contributed by atoms with Crippen LogP contribution in [-0.4, -0.2) is 26.4 Å². The molecule has 0 aliphatic carbocycles. The molecule has 31 heavy (non-hydrogen) atoms. The van der Waals surface area contributed by atoms with Gasteiger partial charge in [-0.05, 0) is 48.0 Å². The highest BCUT2D eigenvalue weighted by Crippen LogP contribution is 2.28. The van der Waals surface area contributed by atoms with Gasteiger partial charge in [-0.3, -0.25) is 14.4 Å². The summed E-state index contributed by atoms with van der Waals surface area (Å²) in [7, 11) is -2.64. The smallest absolute Gasteiger partial charge is 0.338 e. The number of benzene rings is 3. The van der Waals surface area contributed by atoms with Crippen molar-refractivity contribution in [2.24, 2.45) is 0 Å². The number of hydrogen-bond donors (Lipinski definition) is 0. The quantitative estimate of drug-likeness (QED) is 0.293. The van der Waals surface area contributed by atoms with Crippen molar-refractivity contribution in [3.8, 4) is 0 Å². The van der Waals surface area contributed by atoms with Crippen LogP contribution in [0.5, 0.6) is 0 Å². The minimum atomic E-state index is -4.03. The first-order valence-corrected chi connectivity index (χ1v) is 10.8. The first-order chi connectivity index (χ1) is 14.7. The average molecular weight is 461 g/mol. The molecular formula is C21H17ClN2O6S. The van der Waals surface area contributed by atoms with E-state index in [1.165, 1.54) is 43.4 Å². The van der Waals surface area contributed by atoms with Crippen LogP contribution in [0, 0.1) is 10.1 Å². The van der Waals surface area contributed by atoms with Crippen LogP contribution >= 0.6 is 11.6 Å². The molecule has 3 aromatic rings. The number of non-ortho nitro benzene ring substituents is 1. The lowest BCUT2D eigenvalue weighted by Crippen LogP contribution is -2.27. The second-order valence-corrected chi connectivity index (χ2v) is 8.80. The van der Waals surface area contributed by atoms with Crippen LogP contribution < -0.4 is 4.31 Å². The highest BCUT2D eigenvalue weighted by atomic mass is 35.5. The molecule has 8 nitrogen and oxygen atoms in total. The van der Waals surface area contributed by atoms with Crippen LogP contribution in [0.15, 0.2) is 77.7 Å². The van der Waals surface area contributed by atoms with Crippen molar-refractivity contribution in [3.63, 3.8) is 0 Å². The van der Waals surface area contributed by atoms with Crippen molar-refractivity contribution in [2.75, 3.05) is 11.4 Å². The van der Waals surface area contributed by atoms with Crippen LogP contribution in [-0.2, 0) is 21.4 Å². The summed E-state index contributed by atoms with van der Waals surface area (Å²) < 4.78 is 32.3. The van der Waals surface area contributed by atoms with Gasteiger partial charge in [0, 0.05) is 19.2 Å². The number of carbonyl (C=O) groups excluding carboxylic acids is 1. The Balaban J connectivity index is 1.79. The van der Waals surface area contributed by atoms with E-state index in [4.69, 9.17) is 16.3 Å². The summed E-state index contributed by atoms with van der Waals surface area (Å²) in [6, 6.07) is 17.8. The first-order valence-electron chi connectivity index (χ1n) is 8.94. The van der Waals surface area contributed by atoms with E-state index < -0.39 is 20.9 Å². The maximum absolute atomic E-state index is 13.0. The largest absolute Gasteiger partial charge is 0.457 e. The third kappa shape index (κ3) is 5.01. The Kier molecular flexibility index (Phi) is 6.57. The number of nitro groups is 1. The summed E-state index contributed by atoms with van der Waals surface area (Å²) in [6.45, 7) is -0.133. The van der Waals surface area contributed by atoms with E-state index in [9.17, 15) is 23.3 Å². The molecule has 0 saturated carbocycles. The molecule has 0 saturated heterocycles. The Morgan fingerprint density at radius 2 is 1.71 bits per heavy atom. The van der Waals surface area contributed by atoms with Crippen molar-refractivity contribution in [3.05, 3.63) is 99.1 Å². The molecule has 0 radical (unpaired) electrons. The Bertz CT molecular complexity index is 1210. The zero-order valence-electron chi connectivity index (χ0n) is 16.3. The predicted octanol–water partition coefficient (Wildman–Crippen LogP) is 4.43. The van der Waals surface area contributed by atoms with E-state index in [0.717, 1.165) is 10.4 Å². The number of carbonyl (C=O) groups is 1. The zero-order valence-corrected chi connectivity index (χ0v) is 17.8. The number of rotatable bonds is 7. The fourth-order valence-corrected chi connectivity index (χ4v) is 4.39. The van der Waals surface area contributed by atoms with Crippen molar-refractivity contribution in [2.45, 2.75) is 11.5 Å². The summed E-state index contributed by atoms with van der Waals surface area (Å²) in [6.07, 6.45) is 0. The number of nitro benzene ring substituents is 1. The molecular weight excluding hydrogens is 444 g/mol. The van der Waals surface area contributed by atoms with Gasteiger partial charge >= 0.3 is 5.97 Å². The summed E-state index contributed by atoms with van der Waals surface area (Å²) in [5.41, 5.74) is 0.908. The number of ether oxygens (including phenoxy) is 1. The van der Waals surface area contributed by atoms with Gasteiger partial charge in [-0.25, -0.2) is 13.2 Å². The maximum Gasteiger partial charge on any atom is 0.338 e. The minimum absolute atomic E-state index is 0.00588. The van der Waals surface area contributed by atoms with E-state index in [2.05, 4.69) is 0 Å². The molecule has 0 aliphatic heterocycles. The van der Waals surface area contributed by atoms with Crippen LogP contribution in [0.4, 0.5) is 11.4 Å². The van der Waals surface area contributed by atoms with Crippen molar-refractivity contribution >= 4 is 39.0 Å². The lowest BCUT2D eigenvalue weighted by Gasteiger charge is -2.20. The highest BCUT2D eigenvalue weighted by Gasteiger charge is 2.25. The monoisotopic (exact) mass is 460 g/mol. The van der Waals surface area contributed by atoms with Crippen LogP contribution in [0.3, 0.4) is 0 Å². The van der Waals surface area contributed by atoms with Gasteiger partial charge in [0.25, 0.3) is 15.7 Å². The van der Waals surface area contributed by atoms with E-state index >= 15 is 0 Å². The highest BCUT2D eigenvalue weighted by molar-refractivity contribution is 7.93. The van der Waals surface area contributed by atoms with E-state index in [1.54, 1.807) is 30.3 Å². The van der Waals surface area contributed by atoms with Crippen molar-refractivity contribution in [1.29, 1.82) is 0 Å². The molecule has 3 aromatic carbocycles. The van der Waals surface area contributed by atoms with Gasteiger partial charge in [-0.1, -0.05) is 29.8 Å². The van der Waals surface area contributed by atoms with Gasteiger partial charge in [0.2, 0.25) is 0 Å². The van der Waals surface area contributed by atoms with E-state index in [0.29, 0.717) is 11.3 Å². The summed E-state index contributed by atoms with van der Waals surface area (Å²) in [5, 5.41) is 10.7. The molecule has 0 N–H and O–H groups in total. The molecule has 3 rings (SSSR count). The van der Waals surface area contributed by atoms with Gasteiger partial charge in [0.1, 0.15) is 11.5 Å². The summed E-state index contributed by atoms with van der Waals surface area (Å²) in [4.78, 5) is 22.4. The minimum Gasteiger partial charge on any atom is -0.457 e. The van der Waals surface area contributed by atoms with Crippen LogP contribution in [0.1, 0.15) is 15.9 Å². The molecule has 0 fully saturated rings. The molecule has 0 aromatic heterocycles. The number of halogens is 1. The molecule has 0 amide bonds. The number of nitrogens with zero attached hydrogens (tertiary/aromatic N) is 2. The molecule has 0 spiro atoms. The fraction of sp³-hybridized carbons (Fsp3) is 0.0952. The first kappa shape index (κ1) is 22.3. The lowest BCUT2D eigenvalue weighted by molar-refractivity contribution is -0.384. The second kappa shape index (κ2) is 9.15. The van der Waals surface area contributed by atoms with Crippen LogP contribution in [0.2, 0.25) is 5.02 Å². The average Bonchev–Trinajstić information content (AvgIpc) is 2.78. The van der Waals surface area contributed by atoms with E-state index in [-0.39, 0.29) is 27.8 Å². The van der Waals surface area contributed by atoms with Crippen LogP contribution in [0.25, 0.3) is 0 Å². The van der Waals surface area contributed by atoms with E-state index in [1.807, 2.05) is 0 Å². The molecule has 160 valence electrons. The standard InChI is InChI=1S/C21H17ClN2O6S/c1-23(17-5-3-2-4-6-17)31(28,29)20-13-16(9-12-19(20)22)21(25)30-14-15-7-10-18(11-8-15)24(26)27/h2-13H,14H2,1H3. The molecule has 0 bridgehead atoms. The topological polar surface area (TPSA) is 107 Å². The van der Waals surface area contributed by atoms with Gasteiger partial charge < -0.3 is 4.74 Å². The lowest BCUT2D eigenvalue weighted by atomic mass is 10.2. The molecule has 0 aliphatic rings. The SMILES string of the molecule is CN(c1ccccc1)S(=O)(=O)c1cc(C(=O)OCc2ccc([N+](=O)[O-])cc2)ccc1Cl. The Morgan fingerprint density at radius 1 is 1.06 bits per heavy atom. The second-order valence-electron chi connectivity index (χ2n) is 6.45. The predicted molar refractivity (Wildman–Crippen MR) is 116 cm³/mol. The number of sulfonamides is 1. The molecule has 0 heterocycles. The maximum atomic E-state index is 13.0. The van der Waals surface area contributed by atoms with Gasteiger partial charge in [0.05, 0.1) is 21.2 Å². The van der Waals surface area contributed by atoms with Gasteiger partial charge in [0.15, 0.2) is 0 Å². The molecule has 0 atom stereocenters. The summed E-state index contributed by atoms with van der Waals surface area (Å²) in [5.74, 6) is -0.756. The Hall–Kier alpha value is -3.43. The van der Waals surface area contributed by atoms with Crippen molar-refractivity contribution < 1.29 is 22.9 Å². The van der Waals surface area contributed by atoms with Gasteiger partial charge in [-0.2, -0.15) is 0 Å². The number of para-hydroxylation sites is 1. The zero-order chi connectivity index (χ0) is 22.6. The van der Waals surface area contributed by atoms with Crippen molar-refractivity contribution in [1.82, 2.24) is 0 Å². The number of hydrogen-bond acceptors (Lipinski definition) is 6. The van der Waals surface area contributed by atoms with Gasteiger partial charge in [-0.15, -0.1) is 0 Å². The third-order valence-electron chi connectivity index (χ3n) is 4.44. The number of esters is 1. The molecule has 0 unspecified atom stereocenters. The number of anilines is 1.